The summed E-state index contributed by atoms with van der Waals surface area (Å²) in [6, 6.07) is 0. The van der Waals surface area contributed by atoms with Gasteiger partial charge in [0.15, 0.2) is 0 Å². The lowest BCUT2D eigenvalue weighted by Gasteiger charge is -2.03. The van der Waals surface area contributed by atoms with Gasteiger partial charge in [0.25, 0.3) is 0 Å². The molecule has 0 aromatic carbocycles. The maximum absolute atomic E-state index is 11.5. The molecule has 0 unspecified atom stereocenters. The topological polar surface area (TPSA) is 0 Å². The van der Waals surface area contributed by atoms with Gasteiger partial charge in [-0.05, 0) is 12.8 Å². The minimum atomic E-state index is -3.97. The summed E-state index contributed by atoms with van der Waals surface area (Å²) in [6.07, 6.45) is -2.86. The lowest BCUT2D eigenvalue weighted by Crippen LogP contribution is -2.06. The predicted octanol–water partition coefficient (Wildman–Crippen LogP) is 3.50. The third kappa shape index (κ3) is 8.27. The number of rotatable bonds is 4. The minimum absolute atomic E-state index is 0.259. The fraction of sp³-hybridized carbons (Fsp3) is 1.00. The summed E-state index contributed by atoms with van der Waals surface area (Å²) in [5.74, 6) is 0. The van der Waals surface area contributed by atoms with Gasteiger partial charge in [0.1, 0.15) is 0 Å². The normalized spacial score (nSPS) is 12.0. The van der Waals surface area contributed by atoms with Crippen LogP contribution in [-0.4, -0.2) is 11.5 Å². The average Bonchev–Trinajstić information content (AvgIpc) is 1.78. The summed E-state index contributed by atoms with van der Waals surface area (Å²) in [6.45, 7) is 0. The van der Waals surface area contributed by atoms with Crippen molar-refractivity contribution in [1.82, 2.24) is 0 Å². The quantitative estimate of drug-likeness (QED) is 0.501. The second kappa shape index (κ2) is 4.99. The van der Waals surface area contributed by atoms with E-state index in [9.17, 15) is 13.2 Å². The summed E-state index contributed by atoms with van der Waals surface area (Å²) >= 11 is 3.15. The van der Waals surface area contributed by atoms with Gasteiger partial charge in [0.05, 0.1) is 0 Å². The van der Waals surface area contributed by atoms with E-state index in [0.717, 1.165) is 11.8 Å². The van der Waals surface area contributed by atoms with Gasteiger partial charge in [0.2, 0.25) is 0 Å². The minimum Gasteiger partial charge on any atom is -0.171 e. The maximum Gasteiger partial charge on any atom is 0.389 e. The van der Waals surface area contributed by atoms with Crippen LogP contribution in [0.25, 0.3) is 0 Å². The van der Waals surface area contributed by atoms with Crippen LogP contribution in [0.15, 0.2) is 0 Å². The van der Waals surface area contributed by atoms with E-state index >= 15 is 0 Å². The monoisotopic (exact) mass is 218 g/mol. The standard InChI is InChI=1S/C6H10BrF3/c7-5-3-1-2-4-6(8,9)10/h1-5H2. The van der Waals surface area contributed by atoms with E-state index in [4.69, 9.17) is 0 Å². The van der Waals surface area contributed by atoms with Crippen molar-refractivity contribution in [3.05, 3.63) is 0 Å². The smallest absolute Gasteiger partial charge is 0.171 e. The van der Waals surface area contributed by atoms with E-state index in [1.54, 1.807) is 0 Å². The molecule has 0 nitrogen and oxygen atoms in total. The van der Waals surface area contributed by atoms with Gasteiger partial charge >= 0.3 is 6.18 Å². The Hall–Kier alpha value is 0.270. The Morgan fingerprint density at radius 1 is 1.00 bits per heavy atom. The van der Waals surface area contributed by atoms with Crippen molar-refractivity contribution >= 4 is 15.9 Å². The molecule has 0 heterocycles. The first-order chi connectivity index (χ1) is 4.56. The Morgan fingerprint density at radius 2 is 1.60 bits per heavy atom. The van der Waals surface area contributed by atoms with Crippen molar-refractivity contribution in [2.45, 2.75) is 31.9 Å². The van der Waals surface area contributed by atoms with Gasteiger partial charge in [-0.2, -0.15) is 13.2 Å². The zero-order valence-electron chi connectivity index (χ0n) is 5.55. The number of hydrogen-bond donors (Lipinski definition) is 0. The van der Waals surface area contributed by atoms with Crippen LogP contribution >= 0.6 is 15.9 Å². The molecule has 0 spiro atoms. The highest BCUT2D eigenvalue weighted by atomic mass is 79.9. The highest BCUT2D eigenvalue weighted by Crippen LogP contribution is 2.22. The molecule has 10 heavy (non-hydrogen) atoms. The molecule has 0 saturated carbocycles. The van der Waals surface area contributed by atoms with E-state index in [-0.39, 0.29) is 6.42 Å². The van der Waals surface area contributed by atoms with Crippen LogP contribution in [0.3, 0.4) is 0 Å². The zero-order chi connectivity index (χ0) is 8.04. The van der Waals surface area contributed by atoms with Crippen molar-refractivity contribution in [1.29, 1.82) is 0 Å². The molecule has 0 rings (SSSR count). The molecule has 0 N–H and O–H groups in total. The molecule has 4 heteroatoms. The van der Waals surface area contributed by atoms with Crippen molar-refractivity contribution in [3.63, 3.8) is 0 Å². The summed E-state index contributed by atoms with van der Waals surface area (Å²) in [4.78, 5) is 0. The number of unbranched alkanes of at least 4 members (excludes halogenated alkanes) is 2. The largest absolute Gasteiger partial charge is 0.389 e. The number of hydrogen-bond acceptors (Lipinski definition) is 0. The van der Waals surface area contributed by atoms with Crippen LogP contribution in [0.1, 0.15) is 25.7 Å². The maximum atomic E-state index is 11.5. The predicted molar refractivity (Wildman–Crippen MR) is 38.3 cm³/mol. The molecule has 62 valence electrons. The van der Waals surface area contributed by atoms with Gasteiger partial charge in [-0.1, -0.05) is 22.4 Å². The van der Waals surface area contributed by atoms with E-state index in [1.807, 2.05) is 0 Å². The molecule has 0 saturated heterocycles. The average molecular weight is 219 g/mol. The molecule has 0 aromatic heterocycles. The van der Waals surface area contributed by atoms with Crippen LogP contribution < -0.4 is 0 Å². The summed E-state index contributed by atoms with van der Waals surface area (Å²) < 4.78 is 34.4. The van der Waals surface area contributed by atoms with Crippen molar-refractivity contribution < 1.29 is 13.2 Å². The molecule has 0 aliphatic rings. The Balaban J connectivity index is 3.04. The molecule has 0 aromatic rings. The Labute approximate surface area is 66.9 Å². The fourth-order valence-electron chi connectivity index (χ4n) is 0.597. The number of alkyl halides is 4. The van der Waals surface area contributed by atoms with E-state index < -0.39 is 12.6 Å². The Bertz CT molecular complexity index is 79.6. The highest BCUT2D eigenvalue weighted by Gasteiger charge is 2.25. The van der Waals surface area contributed by atoms with Gasteiger partial charge in [-0.25, -0.2) is 0 Å². The fourth-order valence-corrected chi connectivity index (χ4v) is 0.993. The second-order valence-corrected chi connectivity index (χ2v) is 2.91. The lowest BCUT2D eigenvalue weighted by molar-refractivity contribution is -0.135. The molecule has 0 aliphatic heterocycles. The molecule has 0 fully saturated rings. The SMILES string of the molecule is FC(F)(F)CCCCCBr. The highest BCUT2D eigenvalue weighted by molar-refractivity contribution is 9.09. The second-order valence-electron chi connectivity index (χ2n) is 2.11. The van der Waals surface area contributed by atoms with E-state index in [0.29, 0.717) is 6.42 Å². The van der Waals surface area contributed by atoms with Crippen LogP contribution in [0.2, 0.25) is 0 Å². The molecule has 0 atom stereocenters. The molecular formula is C6H10BrF3. The van der Waals surface area contributed by atoms with Crippen molar-refractivity contribution in [2.75, 3.05) is 5.33 Å². The first-order valence-electron chi connectivity index (χ1n) is 3.19. The van der Waals surface area contributed by atoms with Crippen LogP contribution in [-0.2, 0) is 0 Å². The van der Waals surface area contributed by atoms with Crippen LogP contribution in [0.4, 0.5) is 13.2 Å². The summed E-state index contributed by atoms with van der Waals surface area (Å²) in [5, 5.41) is 0.796. The van der Waals surface area contributed by atoms with Crippen molar-refractivity contribution in [2.24, 2.45) is 0 Å². The molecule has 0 bridgehead atoms. The molecule has 0 radical (unpaired) electrons. The summed E-state index contributed by atoms with van der Waals surface area (Å²) in [5.41, 5.74) is 0. The van der Waals surface area contributed by atoms with Gasteiger partial charge in [-0.3, -0.25) is 0 Å². The number of halogens is 4. The third-order valence-corrected chi connectivity index (χ3v) is 1.65. The summed E-state index contributed by atoms with van der Waals surface area (Å²) in [7, 11) is 0. The zero-order valence-corrected chi connectivity index (χ0v) is 7.13. The third-order valence-electron chi connectivity index (χ3n) is 1.09. The van der Waals surface area contributed by atoms with Crippen LogP contribution in [0.5, 0.6) is 0 Å². The molecular weight excluding hydrogens is 209 g/mol. The van der Waals surface area contributed by atoms with Gasteiger partial charge < -0.3 is 0 Å². The lowest BCUT2D eigenvalue weighted by atomic mass is 10.2. The Morgan fingerprint density at radius 3 is 2.00 bits per heavy atom. The Kier molecular flexibility index (Phi) is 5.13. The van der Waals surface area contributed by atoms with Gasteiger partial charge in [0, 0.05) is 11.8 Å². The molecule has 0 amide bonds. The van der Waals surface area contributed by atoms with E-state index in [1.165, 1.54) is 0 Å². The van der Waals surface area contributed by atoms with E-state index in [2.05, 4.69) is 15.9 Å². The van der Waals surface area contributed by atoms with Crippen LogP contribution in [0, 0.1) is 0 Å². The first kappa shape index (κ1) is 10.3. The molecule has 0 aliphatic carbocycles. The first-order valence-corrected chi connectivity index (χ1v) is 4.31. The van der Waals surface area contributed by atoms with Crippen molar-refractivity contribution in [3.8, 4) is 0 Å². The van der Waals surface area contributed by atoms with Gasteiger partial charge in [-0.15, -0.1) is 0 Å².